The van der Waals surface area contributed by atoms with Crippen molar-refractivity contribution in [1.29, 1.82) is 0 Å². The van der Waals surface area contributed by atoms with Crippen LogP contribution in [0.5, 0.6) is 11.5 Å². The molecule has 1 N–H and O–H groups in total. The maximum atomic E-state index is 12.2. The van der Waals surface area contributed by atoms with Crippen LogP contribution in [-0.4, -0.2) is 25.3 Å². The highest BCUT2D eigenvalue weighted by Gasteiger charge is 2.24. The van der Waals surface area contributed by atoms with Gasteiger partial charge in [0.1, 0.15) is 0 Å². The Balaban J connectivity index is 1.85. The zero-order valence-corrected chi connectivity index (χ0v) is 16.2. The van der Waals surface area contributed by atoms with Gasteiger partial charge in [0.15, 0.2) is 16.7 Å². The van der Waals surface area contributed by atoms with Crippen molar-refractivity contribution in [2.24, 2.45) is 4.99 Å². The van der Waals surface area contributed by atoms with E-state index in [1.165, 1.54) is 11.8 Å². The molecule has 0 aromatic heterocycles. The van der Waals surface area contributed by atoms with Gasteiger partial charge in [0.2, 0.25) is 0 Å². The number of carbonyl (C=O) groups is 1. The first-order valence-electron chi connectivity index (χ1n) is 7.47. The zero-order valence-electron chi connectivity index (χ0n) is 13.9. The summed E-state index contributed by atoms with van der Waals surface area (Å²) in [5.41, 5.74) is 1.34. The molecule has 0 atom stereocenters. The largest absolute Gasteiger partial charge is 0.493 e. The van der Waals surface area contributed by atoms with Crippen molar-refractivity contribution < 1.29 is 14.3 Å². The molecule has 1 amide bonds. The second-order valence-corrected chi connectivity index (χ2v) is 7.07. The van der Waals surface area contributed by atoms with Gasteiger partial charge in [0.25, 0.3) is 5.91 Å². The van der Waals surface area contributed by atoms with E-state index in [1.807, 2.05) is 6.07 Å². The van der Waals surface area contributed by atoms with Crippen LogP contribution < -0.4 is 14.8 Å². The Hall–Kier alpha value is -2.15. The Bertz CT molecular complexity index is 929. The summed E-state index contributed by atoms with van der Waals surface area (Å²) in [7, 11) is 3.13. The van der Waals surface area contributed by atoms with Crippen LogP contribution in [0.3, 0.4) is 0 Å². The maximum absolute atomic E-state index is 12.2. The van der Waals surface area contributed by atoms with E-state index in [1.54, 1.807) is 50.6 Å². The van der Waals surface area contributed by atoms with Crippen molar-refractivity contribution in [3.05, 3.63) is 56.9 Å². The summed E-state index contributed by atoms with van der Waals surface area (Å²) in [6, 6.07) is 10.4. The van der Waals surface area contributed by atoms with Gasteiger partial charge in [-0.2, -0.15) is 0 Å². The molecule has 8 heteroatoms. The van der Waals surface area contributed by atoms with Crippen molar-refractivity contribution in [2.45, 2.75) is 0 Å². The summed E-state index contributed by atoms with van der Waals surface area (Å²) in [5.74, 6) is 0.985. The molecule has 0 unspecified atom stereocenters. The van der Waals surface area contributed by atoms with Gasteiger partial charge in [-0.1, -0.05) is 29.3 Å². The highest BCUT2D eigenvalue weighted by atomic mass is 35.5. The lowest BCUT2D eigenvalue weighted by Crippen LogP contribution is -2.19. The maximum Gasteiger partial charge on any atom is 0.264 e. The SMILES string of the molecule is COc1ccc(C=C2SC(=Nc3ccc(Cl)cc3Cl)NC2=O)cc1OC. The van der Waals surface area contributed by atoms with Crippen molar-refractivity contribution in [3.63, 3.8) is 0 Å². The van der Waals surface area contributed by atoms with Gasteiger partial charge in [-0.3, -0.25) is 4.79 Å². The molecule has 2 aromatic rings. The molecule has 26 heavy (non-hydrogen) atoms. The van der Waals surface area contributed by atoms with Gasteiger partial charge in [0, 0.05) is 5.02 Å². The number of aliphatic imine (C=N–C) groups is 1. The number of halogens is 2. The summed E-state index contributed by atoms with van der Waals surface area (Å²) in [6.07, 6.45) is 1.76. The van der Waals surface area contributed by atoms with Crippen LogP contribution in [0.2, 0.25) is 10.0 Å². The number of amides is 1. The summed E-state index contributed by atoms with van der Waals surface area (Å²) in [5, 5.41) is 4.11. The first kappa shape index (κ1) is 18.6. The van der Waals surface area contributed by atoms with E-state index < -0.39 is 0 Å². The molecule has 3 rings (SSSR count). The lowest BCUT2D eigenvalue weighted by atomic mass is 10.2. The minimum Gasteiger partial charge on any atom is -0.493 e. The molecule has 1 heterocycles. The minimum absolute atomic E-state index is 0.228. The molecule has 0 saturated carbocycles. The average molecular weight is 409 g/mol. The van der Waals surface area contributed by atoms with E-state index in [-0.39, 0.29) is 5.91 Å². The highest BCUT2D eigenvalue weighted by molar-refractivity contribution is 8.18. The molecule has 2 aromatic carbocycles. The monoisotopic (exact) mass is 408 g/mol. The van der Waals surface area contributed by atoms with Gasteiger partial charge in [-0.15, -0.1) is 0 Å². The van der Waals surface area contributed by atoms with Crippen molar-refractivity contribution in [1.82, 2.24) is 5.32 Å². The quantitative estimate of drug-likeness (QED) is 0.730. The molecule has 1 aliphatic heterocycles. The van der Waals surface area contributed by atoms with E-state index in [2.05, 4.69) is 10.3 Å². The second-order valence-electron chi connectivity index (χ2n) is 5.19. The molecule has 5 nitrogen and oxygen atoms in total. The molecule has 134 valence electrons. The molecule has 1 fully saturated rings. The number of carbonyl (C=O) groups excluding carboxylic acids is 1. The number of benzene rings is 2. The number of nitrogens with zero attached hydrogens (tertiary/aromatic N) is 1. The predicted octanol–water partition coefficient (Wildman–Crippen LogP) is 4.90. The Morgan fingerprint density at radius 3 is 2.54 bits per heavy atom. The molecular formula is C18H14Cl2N2O3S. The van der Waals surface area contributed by atoms with Gasteiger partial charge in [-0.05, 0) is 53.7 Å². The fourth-order valence-corrected chi connectivity index (χ4v) is 3.54. The Kier molecular flexibility index (Phi) is 5.76. The Morgan fingerprint density at radius 2 is 1.85 bits per heavy atom. The van der Waals surface area contributed by atoms with Gasteiger partial charge >= 0.3 is 0 Å². The summed E-state index contributed by atoms with van der Waals surface area (Å²) < 4.78 is 10.5. The molecule has 1 aliphatic rings. The molecule has 0 aliphatic carbocycles. The lowest BCUT2D eigenvalue weighted by Gasteiger charge is -2.07. The standard InChI is InChI=1S/C18H14Cl2N2O3S/c1-24-14-6-3-10(7-15(14)25-2)8-16-17(23)22-18(26-16)21-13-5-4-11(19)9-12(13)20/h3-9H,1-2H3,(H,21,22,23). The van der Waals surface area contributed by atoms with Crippen LogP contribution >= 0.6 is 35.0 Å². The third-order valence-electron chi connectivity index (χ3n) is 3.49. The number of hydrogen-bond acceptors (Lipinski definition) is 5. The number of rotatable bonds is 4. The normalized spacial score (nSPS) is 16.8. The molecule has 0 radical (unpaired) electrons. The fraction of sp³-hybridized carbons (Fsp3) is 0.111. The lowest BCUT2D eigenvalue weighted by molar-refractivity contribution is -0.115. The summed E-state index contributed by atoms with van der Waals surface area (Å²) in [4.78, 5) is 17.1. The van der Waals surface area contributed by atoms with Crippen LogP contribution in [0.4, 0.5) is 5.69 Å². The highest BCUT2D eigenvalue weighted by Crippen LogP contribution is 2.33. The summed E-state index contributed by atoms with van der Waals surface area (Å²) in [6.45, 7) is 0. The Morgan fingerprint density at radius 1 is 1.08 bits per heavy atom. The third kappa shape index (κ3) is 4.15. The molecule has 0 spiro atoms. The number of hydrogen-bond donors (Lipinski definition) is 1. The average Bonchev–Trinajstić information content (AvgIpc) is 2.96. The zero-order chi connectivity index (χ0) is 18.7. The van der Waals surface area contributed by atoms with E-state index in [4.69, 9.17) is 32.7 Å². The number of amidine groups is 1. The second kappa shape index (κ2) is 8.03. The van der Waals surface area contributed by atoms with E-state index >= 15 is 0 Å². The van der Waals surface area contributed by atoms with Crippen LogP contribution in [0, 0.1) is 0 Å². The van der Waals surface area contributed by atoms with Crippen LogP contribution in [0.25, 0.3) is 6.08 Å². The van der Waals surface area contributed by atoms with E-state index in [0.717, 1.165) is 5.56 Å². The topological polar surface area (TPSA) is 59.9 Å². The van der Waals surface area contributed by atoms with Crippen molar-refractivity contribution in [2.75, 3.05) is 14.2 Å². The minimum atomic E-state index is -0.228. The summed E-state index contributed by atoms with van der Waals surface area (Å²) >= 11 is 13.2. The van der Waals surface area contributed by atoms with Crippen molar-refractivity contribution in [3.8, 4) is 11.5 Å². The first-order chi connectivity index (χ1) is 12.5. The number of ether oxygens (including phenoxy) is 2. The number of methoxy groups -OCH3 is 2. The van der Waals surface area contributed by atoms with E-state index in [0.29, 0.717) is 37.3 Å². The van der Waals surface area contributed by atoms with Crippen LogP contribution in [0.15, 0.2) is 46.3 Å². The van der Waals surface area contributed by atoms with Crippen LogP contribution in [0.1, 0.15) is 5.56 Å². The van der Waals surface area contributed by atoms with Gasteiger partial charge in [0.05, 0.1) is 29.8 Å². The fourth-order valence-electron chi connectivity index (χ4n) is 2.26. The Labute approximate surface area is 165 Å². The van der Waals surface area contributed by atoms with Crippen molar-refractivity contribution >= 4 is 57.8 Å². The molecule has 1 saturated heterocycles. The smallest absolute Gasteiger partial charge is 0.264 e. The predicted molar refractivity (Wildman–Crippen MR) is 107 cm³/mol. The van der Waals surface area contributed by atoms with E-state index in [9.17, 15) is 4.79 Å². The number of thioether (sulfide) groups is 1. The number of nitrogens with one attached hydrogen (secondary N) is 1. The van der Waals surface area contributed by atoms with Crippen LogP contribution in [-0.2, 0) is 4.79 Å². The van der Waals surface area contributed by atoms with Gasteiger partial charge in [-0.25, -0.2) is 4.99 Å². The molecular weight excluding hydrogens is 395 g/mol. The van der Waals surface area contributed by atoms with Gasteiger partial charge < -0.3 is 14.8 Å². The molecule has 0 bridgehead atoms. The first-order valence-corrected chi connectivity index (χ1v) is 9.04. The third-order valence-corrected chi connectivity index (χ3v) is 4.94.